The Hall–Kier alpha value is -1.99. The zero-order chi connectivity index (χ0) is 15.5. The van der Waals surface area contributed by atoms with Crippen LogP contribution in [0.2, 0.25) is 0 Å². The Morgan fingerprint density at radius 1 is 1.14 bits per heavy atom. The van der Waals surface area contributed by atoms with E-state index in [9.17, 15) is 9.59 Å². The molecule has 21 heavy (non-hydrogen) atoms. The van der Waals surface area contributed by atoms with Crippen molar-refractivity contribution in [2.24, 2.45) is 16.9 Å². The van der Waals surface area contributed by atoms with Crippen molar-refractivity contribution >= 4 is 34.7 Å². The summed E-state index contributed by atoms with van der Waals surface area (Å²) >= 11 is 5.08. The molecule has 2 amide bonds. The predicted molar refractivity (Wildman–Crippen MR) is 82.9 cm³/mol. The number of nitrogens with two attached hydrogens (primary N) is 2. The molecule has 1 heterocycles. The van der Waals surface area contributed by atoms with Gasteiger partial charge in [-0.2, -0.15) is 0 Å². The third kappa shape index (κ3) is 3.20. The number of hydrogen-bond acceptors (Lipinski definition) is 4. The van der Waals surface area contributed by atoms with Gasteiger partial charge in [-0.05, 0) is 37.1 Å². The fourth-order valence-corrected chi connectivity index (χ4v) is 2.57. The Kier molecular flexibility index (Phi) is 4.54. The van der Waals surface area contributed by atoms with Crippen LogP contribution in [-0.4, -0.2) is 30.0 Å². The third-order valence-electron chi connectivity index (χ3n) is 3.68. The van der Waals surface area contributed by atoms with Crippen LogP contribution in [-0.2, 0) is 9.53 Å². The van der Waals surface area contributed by atoms with Gasteiger partial charge in [-0.25, -0.2) is 0 Å². The molecule has 1 aliphatic rings. The summed E-state index contributed by atoms with van der Waals surface area (Å²) in [5.74, 6) is -0.762. The van der Waals surface area contributed by atoms with Gasteiger partial charge in [0.2, 0.25) is 11.8 Å². The number of carbonyl (C=O) groups is 2. The van der Waals surface area contributed by atoms with E-state index in [4.69, 9.17) is 28.4 Å². The molecule has 0 spiro atoms. The molecule has 0 saturated carbocycles. The lowest BCUT2D eigenvalue weighted by atomic mass is 9.79. The molecule has 0 atom stereocenters. The second kappa shape index (κ2) is 6.19. The zero-order valence-corrected chi connectivity index (χ0v) is 12.2. The van der Waals surface area contributed by atoms with Crippen LogP contribution in [0.5, 0.6) is 0 Å². The molecule has 1 saturated heterocycles. The van der Waals surface area contributed by atoms with Crippen LogP contribution in [0.1, 0.15) is 23.2 Å². The van der Waals surface area contributed by atoms with E-state index in [0.29, 0.717) is 37.3 Å². The van der Waals surface area contributed by atoms with Crippen molar-refractivity contribution in [1.29, 1.82) is 0 Å². The number of hydrogen-bond donors (Lipinski definition) is 3. The summed E-state index contributed by atoms with van der Waals surface area (Å²) in [5, 5.41) is 2.79. The average Bonchev–Trinajstić information content (AvgIpc) is 2.48. The van der Waals surface area contributed by atoms with Gasteiger partial charge in [-0.1, -0.05) is 12.2 Å². The molecule has 2 rings (SSSR count). The van der Waals surface area contributed by atoms with Gasteiger partial charge in [0, 0.05) is 24.5 Å². The first-order valence-electron chi connectivity index (χ1n) is 6.55. The van der Waals surface area contributed by atoms with E-state index in [-0.39, 0.29) is 10.9 Å². The summed E-state index contributed by atoms with van der Waals surface area (Å²) in [7, 11) is 0. The normalized spacial score (nSPS) is 17.0. The Labute approximate surface area is 127 Å². The number of primary amides is 1. The highest BCUT2D eigenvalue weighted by molar-refractivity contribution is 7.80. The number of ether oxygens (including phenoxy) is 1. The van der Waals surface area contributed by atoms with Gasteiger partial charge >= 0.3 is 0 Å². The van der Waals surface area contributed by atoms with Crippen LogP contribution in [0, 0.1) is 5.41 Å². The fraction of sp³-hybridized carbons (Fsp3) is 0.357. The van der Waals surface area contributed by atoms with E-state index in [1.807, 2.05) is 0 Å². The molecule has 0 aliphatic carbocycles. The number of anilines is 1. The highest BCUT2D eigenvalue weighted by Gasteiger charge is 2.43. The minimum atomic E-state index is -0.879. The van der Waals surface area contributed by atoms with Crippen molar-refractivity contribution in [3.63, 3.8) is 0 Å². The number of amides is 2. The smallest absolute Gasteiger partial charge is 0.248 e. The van der Waals surface area contributed by atoms with Gasteiger partial charge in [0.1, 0.15) is 5.41 Å². The van der Waals surface area contributed by atoms with E-state index < -0.39 is 11.3 Å². The molecule has 5 N–H and O–H groups in total. The van der Waals surface area contributed by atoms with Crippen LogP contribution in [0.3, 0.4) is 0 Å². The molecule has 0 bridgehead atoms. The van der Waals surface area contributed by atoms with Gasteiger partial charge in [-0.3, -0.25) is 9.59 Å². The monoisotopic (exact) mass is 307 g/mol. The lowest BCUT2D eigenvalue weighted by molar-refractivity contribution is -0.126. The van der Waals surface area contributed by atoms with E-state index in [2.05, 4.69) is 5.32 Å². The van der Waals surface area contributed by atoms with E-state index in [1.54, 1.807) is 24.3 Å². The largest absolute Gasteiger partial charge is 0.392 e. The van der Waals surface area contributed by atoms with Crippen LogP contribution in [0.25, 0.3) is 0 Å². The van der Waals surface area contributed by atoms with Crippen molar-refractivity contribution in [3.05, 3.63) is 29.8 Å². The molecule has 6 nitrogen and oxygen atoms in total. The molecule has 0 radical (unpaired) electrons. The Morgan fingerprint density at radius 3 is 2.19 bits per heavy atom. The lowest BCUT2D eigenvalue weighted by Gasteiger charge is -2.34. The molecule has 1 aliphatic heterocycles. The van der Waals surface area contributed by atoms with Crippen LogP contribution in [0.4, 0.5) is 5.69 Å². The summed E-state index contributed by atoms with van der Waals surface area (Å²) in [6, 6.07) is 6.33. The molecule has 1 aromatic carbocycles. The van der Waals surface area contributed by atoms with E-state index in [1.165, 1.54) is 0 Å². The van der Waals surface area contributed by atoms with Gasteiger partial charge in [-0.15, -0.1) is 0 Å². The second-order valence-electron chi connectivity index (χ2n) is 4.95. The minimum Gasteiger partial charge on any atom is -0.392 e. The molecular formula is C14H17N3O3S. The van der Waals surface area contributed by atoms with Crippen molar-refractivity contribution in [1.82, 2.24) is 0 Å². The highest BCUT2D eigenvalue weighted by atomic mass is 32.1. The minimum absolute atomic E-state index is 0.178. The maximum Gasteiger partial charge on any atom is 0.248 e. The average molecular weight is 307 g/mol. The maximum absolute atomic E-state index is 12.5. The van der Waals surface area contributed by atoms with Gasteiger partial charge < -0.3 is 21.5 Å². The van der Waals surface area contributed by atoms with Crippen molar-refractivity contribution in [3.8, 4) is 0 Å². The highest BCUT2D eigenvalue weighted by Crippen LogP contribution is 2.32. The van der Waals surface area contributed by atoms with Crippen molar-refractivity contribution < 1.29 is 14.3 Å². The summed E-state index contributed by atoms with van der Waals surface area (Å²) in [6.45, 7) is 0.900. The first-order valence-corrected chi connectivity index (χ1v) is 6.95. The first kappa shape index (κ1) is 15.4. The fourth-order valence-electron chi connectivity index (χ4n) is 2.27. The summed E-state index contributed by atoms with van der Waals surface area (Å²) in [5.41, 5.74) is 11.0. The third-order valence-corrected chi connectivity index (χ3v) is 4.07. The number of thiocarbonyl (C=S) groups is 1. The summed E-state index contributed by atoms with van der Waals surface area (Å²) in [6.07, 6.45) is 0.932. The Balaban J connectivity index is 2.15. The second-order valence-corrected chi connectivity index (χ2v) is 5.39. The standard InChI is InChI=1S/C14H17N3O3S/c15-11(18)9-1-3-10(4-2-9)17-13(19)14(12(16)21)5-7-20-8-6-14/h1-4H,5-8H2,(H2,15,18)(H2,16,21)(H,17,19). The van der Waals surface area contributed by atoms with Crippen molar-refractivity contribution in [2.45, 2.75) is 12.8 Å². The predicted octanol–water partition coefficient (Wildman–Crippen LogP) is 0.807. The topological polar surface area (TPSA) is 107 Å². The number of carbonyl (C=O) groups excluding carboxylic acids is 2. The Morgan fingerprint density at radius 2 is 1.71 bits per heavy atom. The zero-order valence-electron chi connectivity index (χ0n) is 11.4. The number of nitrogens with one attached hydrogen (secondary N) is 1. The Bertz CT molecular complexity index is 565. The SMILES string of the molecule is NC(=O)c1ccc(NC(=O)C2(C(N)=S)CCOCC2)cc1. The molecule has 7 heteroatoms. The van der Waals surface area contributed by atoms with Crippen molar-refractivity contribution in [2.75, 3.05) is 18.5 Å². The van der Waals surface area contributed by atoms with Crippen LogP contribution >= 0.6 is 12.2 Å². The first-order chi connectivity index (χ1) is 9.95. The van der Waals surface area contributed by atoms with Gasteiger partial charge in [0.15, 0.2) is 0 Å². The molecule has 0 aromatic heterocycles. The van der Waals surface area contributed by atoms with E-state index in [0.717, 1.165) is 0 Å². The number of benzene rings is 1. The number of rotatable bonds is 4. The maximum atomic E-state index is 12.5. The van der Waals surface area contributed by atoms with Crippen LogP contribution in [0.15, 0.2) is 24.3 Å². The van der Waals surface area contributed by atoms with Gasteiger partial charge in [0.25, 0.3) is 0 Å². The molecule has 0 unspecified atom stereocenters. The lowest BCUT2D eigenvalue weighted by Crippen LogP contribution is -2.49. The molecule has 1 fully saturated rings. The molecule has 1 aromatic rings. The molecule has 112 valence electrons. The quantitative estimate of drug-likeness (QED) is 0.713. The molecular weight excluding hydrogens is 290 g/mol. The van der Waals surface area contributed by atoms with Gasteiger partial charge in [0.05, 0.1) is 4.99 Å². The van der Waals surface area contributed by atoms with E-state index >= 15 is 0 Å². The summed E-state index contributed by atoms with van der Waals surface area (Å²) in [4.78, 5) is 23.7. The summed E-state index contributed by atoms with van der Waals surface area (Å²) < 4.78 is 5.27. The van der Waals surface area contributed by atoms with Crippen LogP contribution < -0.4 is 16.8 Å².